The van der Waals surface area contributed by atoms with Gasteiger partial charge >= 0.3 is 0 Å². The van der Waals surface area contributed by atoms with E-state index in [1.807, 2.05) is 30.3 Å². The van der Waals surface area contributed by atoms with Crippen molar-refractivity contribution in [3.8, 4) is 12.1 Å². The summed E-state index contributed by atoms with van der Waals surface area (Å²) >= 11 is 16.7. The zero-order chi connectivity index (χ0) is 27.8. The molecule has 0 radical (unpaired) electrons. The fraction of sp³-hybridized carbons (Fsp3) is 0.214. The highest BCUT2D eigenvalue weighted by Gasteiger charge is 2.15. The predicted octanol–water partition coefficient (Wildman–Crippen LogP) is 6.65. The number of nitriles is 2. The number of nitrogens with zero attached hydrogens (tertiary/aromatic N) is 6. The van der Waals surface area contributed by atoms with Gasteiger partial charge in [0.2, 0.25) is 0 Å². The van der Waals surface area contributed by atoms with E-state index < -0.39 is 0 Å². The summed E-state index contributed by atoms with van der Waals surface area (Å²) in [6.45, 7) is 0. The number of nitrogen functional groups attached to an aromatic ring is 1. The van der Waals surface area contributed by atoms with Crippen LogP contribution in [0.4, 0.5) is 17.2 Å². The number of rotatable bonds is 2. The van der Waals surface area contributed by atoms with Gasteiger partial charge in [-0.15, -0.1) is 0 Å². The Kier molecular flexibility index (Phi) is 9.51. The second-order valence-electron chi connectivity index (χ2n) is 8.71. The maximum atomic E-state index is 8.77. The Morgan fingerprint density at radius 1 is 0.744 bits per heavy atom. The first-order chi connectivity index (χ1) is 18.9. The van der Waals surface area contributed by atoms with Gasteiger partial charge in [0.05, 0.1) is 12.4 Å². The van der Waals surface area contributed by atoms with Gasteiger partial charge in [0.15, 0.2) is 27.5 Å². The molecule has 0 saturated carbocycles. The molecule has 3 N–H and O–H groups in total. The van der Waals surface area contributed by atoms with Crippen LogP contribution >= 0.6 is 34.8 Å². The van der Waals surface area contributed by atoms with E-state index in [2.05, 4.69) is 37.4 Å². The molecule has 2 aromatic carbocycles. The largest absolute Gasteiger partial charge is 0.398 e. The number of halogens is 3. The summed E-state index contributed by atoms with van der Waals surface area (Å²) < 4.78 is 0. The summed E-state index contributed by atoms with van der Waals surface area (Å²) in [5.74, 6) is 0.560. The first-order valence-electron chi connectivity index (χ1n) is 12.1. The standard InChI is InChI=1S/C14H11ClN4.C9H11N.C5HCl2N3/c15-14-12(7-16)17-8-13(19-14)18-11-6-2-4-9-3-1-5-10(9)11;10-9-6-2-4-7-3-1-5-8(7)9;6-4-2-9-3(1-8)5(7)10-4/h2,4,6,8H,1,3,5H2,(H,18,19);2,4,6H,1,3,5,10H2;2H. The number of nitrogens with one attached hydrogen (secondary N) is 1. The maximum Gasteiger partial charge on any atom is 0.178 e. The Labute approximate surface area is 241 Å². The molecule has 0 saturated heterocycles. The molecular formula is C28H23Cl3N8. The van der Waals surface area contributed by atoms with Gasteiger partial charge in [-0.25, -0.2) is 19.9 Å². The molecule has 39 heavy (non-hydrogen) atoms. The van der Waals surface area contributed by atoms with Gasteiger partial charge in [0.1, 0.15) is 17.3 Å². The summed E-state index contributed by atoms with van der Waals surface area (Å²) in [4.78, 5) is 15.3. The molecule has 2 aliphatic rings. The number of fused-ring (bicyclic) bond motifs is 2. The molecule has 6 rings (SSSR count). The smallest absolute Gasteiger partial charge is 0.178 e. The van der Waals surface area contributed by atoms with Crippen molar-refractivity contribution >= 4 is 52.0 Å². The highest BCUT2D eigenvalue weighted by Crippen LogP contribution is 2.30. The molecule has 0 bridgehead atoms. The van der Waals surface area contributed by atoms with Crippen LogP contribution in [0.2, 0.25) is 15.5 Å². The van der Waals surface area contributed by atoms with Crippen LogP contribution in [0.5, 0.6) is 0 Å². The average molecular weight is 578 g/mol. The van der Waals surface area contributed by atoms with Crippen molar-refractivity contribution in [3.63, 3.8) is 0 Å². The minimum absolute atomic E-state index is 0.0370. The Morgan fingerprint density at radius 2 is 1.33 bits per heavy atom. The summed E-state index contributed by atoms with van der Waals surface area (Å²) in [5.41, 5.74) is 13.6. The van der Waals surface area contributed by atoms with Gasteiger partial charge in [-0.3, -0.25) is 0 Å². The Balaban J connectivity index is 0.000000149. The number of aryl methyl sites for hydroxylation is 2. The van der Waals surface area contributed by atoms with Gasteiger partial charge < -0.3 is 11.1 Å². The lowest BCUT2D eigenvalue weighted by Gasteiger charge is -2.10. The molecule has 0 amide bonds. The topological polar surface area (TPSA) is 137 Å². The van der Waals surface area contributed by atoms with E-state index in [1.54, 1.807) is 6.07 Å². The first kappa shape index (κ1) is 28.1. The summed E-state index contributed by atoms with van der Waals surface area (Å²) in [6, 6.07) is 16.1. The second kappa shape index (κ2) is 13.2. The fourth-order valence-corrected chi connectivity index (χ4v) is 4.99. The highest BCUT2D eigenvalue weighted by atomic mass is 35.5. The lowest BCUT2D eigenvalue weighted by molar-refractivity contribution is 0.912. The van der Waals surface area contributed by atoms with Crippen molar-refractivity contribution in [1.29, 1.82) is 10.5 Å². The van der Waals surface area contributed by atoms with Crippen molar-refractivity contribution in [2.45, 2.75) is 38.5 Å². The molecule has 0 aliphatic heterocycles. The number of aromatic nitrogens is 4. The molecule has 0 spiro atoms. The van der Waals surface area contributed by atoms with Crippen molar-refractivity contribution in [1.82, 2.24) is 19.9 Å². The van der Waals surface area contributed by atoms with Crippen LogP contribution in [-0.4, -0.2) is 19.9 Å². The van der Waals surface area contributed by atoms with E-state index in [0.717, 1.165) is 24.2 Å². The number of hydrogen-bond acceptors (Lipinski definition) is 8. The maximum absolute atomic E-state index is 8.77. The van der Waals surface area contributed by atoms with Gasteiger partial charge in [0.25, 0.3) is 0 Å². The highest BCUT2D eigenvalue weighted by molar-refractivity contribution is 6.32. The molecule has 0 unspecified atom stereocenters. The molecule has 4 aromatic rings. The first-order valence-corrected chi connectivity index (χ1v) is 13.3. The minimum Gasteiger partial charge on any atom is -0.398 e. The van der Waals surface area contributed by atoms with Crippen molar-refractivity contribution in [2.24, 2.45) is 0 Å². The van der Waals surface area contributed by atoms with Crippen LogP contribution < -0.4 is 11.1 Å². The third kappa shape index (κ3) is 7.13. The molecule has 2 aliphatic carbocycles. The second-order valence-corrected chi connectivity index (χ2v) is 9.81. The lowest BCUT2D eigenvalue weighted by Crippen LogP contribution is -2.00. The van der Waals surface area contributed by atoms with E-state index in [4.69, 9.17) is 51.1 Å². The fourth-order valence-electron chi connectivity index (χ4n) is 4.45. The van der Waals surface area contributed by atoms with Gasteiger partial charge in [-0.05, 0) is 72.9 Å². The molecule has 2 aromatic heterocycles. The SMILES string of the molecule is N#Cc1ncc(Cl)nc1Cl.N#Cc1ncc(Nc2cccc3c2CCC3)nc1Cl.Nc1cccc2c1CCC2. The minimum atomic E-state index is 0.0370. The van der Waals surface area contributed by atoms with E-state index >= 15 is 0 Å². The molecule has 11 heteroatoms. The molecule has 8 nitrogen and oxygen atoms in total. The molecule has 2 heterocycles. The quantitative estimate of drug-likeness (QED) is 0.253. The van der Waals surface area contributed by atoms with Crippen LogP contribution in [0, 0.1) is 22.7 Å². The van der Waals surface area contributed by atoms with Crippen molar-refractivity contribution in [3.05, 3.63) is 97.9 Å². The van der Waals surface area contributed by atoms with Crippen LogP contribution in [0.15, 0.2) is 48.8 Å². The zero-order valence-electron chi connectivity index (χ0n) is 20.8. The third-order valence-electron chi connectivity index (χ3n) is 6.23. The van der Waals surface area contributed by atoms with Crippen molar-refractivity contribution in [2.75, 3.05) is 11.1 Å². The van der Waals surface area contributed by atoms with E-state index in [0.29, 0.717) is 5.82 Å². The van der Waals surface area contributed by atoms with E-state index in [9.17, 15) is 0 Å². The van der Waals surface area contributed by atoms with E-state index in [-0.39, 0.29) is 26.8 Å². The monoisotopic (exact) mass is 576 g/mol. The van der Waals surface area contributed by atoms with Crippen LogP contribution in [0.1, 0.15) is 46.5 Å². The van der Waals surface area contributed by atoms with Crippen molar-refractivity contribution < 1.29 is 0 Å². The van der Waals surface area contributed by atoms with Crippen LogP contribution in [-0.2, 0) is 25.7 Å². The van der Waals surface area contributed by atoms with Gasteiger partial charge in [0, 0.05) is 11.4 Å². The Bertz CT molecular complexity index is 1580. The zero-order valence-corrected chi connectivity index (χ0v) is 23.0. The Morgan fingerprint density at radius 3 is 1.95 bits per heavy atom. The average Bonchev–Trinajstić information content (AvgIpc) is 3.61. The summed E-state index contributed by atoms with van der Waals surface area (Å²) in [7, 11) is 0. The van der Waals surface area contributed by atoms with E-state index in [1.165, 1.54) is 60.3 Å². The van der Waals surface area contributed by atoms with Crippen LogP contribution in [0.25, 0.3) is 0 Å². The number of anilines is 3. The molecule has 0 atom stereocenters. The number of nitrogens with two attached hydrogens (primary N) is 1. The molecule has 0 fully saturated rings. The van der Waals surface area contributed by atoms with Gasteiger partial charge in [-0.2, -0.15) is 10.5 Å². The number of hydrogen-bond donors (Lipinski definition) is 2. The summed E-state index contributed by atoms with van der Waals surface area (Å²) in [5, 5.41) is 20.7. The lowest BCUT2D eigenvalue weighted by atomic mass is 10.1. The Hall–Kier alpha value is -3.95. The predicted molar refractivity (Wildman–Crippen MR) is 153 cm³/mol. The number of benzene rings is 2. The third-order valence-corrected chi connectivity index (χ3v) is 6.94. The van der Waals surface area contributed by atoms with Crippen LogP contribution in [0.3, 0.4) is 0 Å². The normalized spacial score (nSPS) is 12.4. The summed E-state index contributed by atoms with van der Waals surface area (Å²) in [6.07, 6.45) is 9.88. The molecular weight excluding hydrogens is 555 g/mol. The van der Waals surface area contributed by atoms with Gasteiger partial charge in [-0.1, -0.05) is 59.1 Å². The molecule has 196 valence electrons.